The van der Waals surface area contributed by atoms with Crippen molar-refractivity contribution in [2.24, 2.45) is 5.73 Å². The lowest BCUT2D eigenvalue weighted by Gasteiger charge is -2.21. The van der Waals surface area contributed by atoms with E-state index in [1.807, 2.05) is 0 Å². The van der Waals surface area contributed by atoms with Gasteiger partial charge in [-0.25, -0.2) is 0 Å². The van der Waals surface area contributed by atoms with Crippen molar-refractivity contribution in [1.82, 2.24) is 10.1 Å². The average molecular weight is 267 g/mol. The Labute approximate surface area is 118 Å². The number of aromatic nitrogens is 2. The summed E-state index contributed by atoms with van der Waals surface area (Å²) in [5, 5.41) is 4.08. The molecule has 0 fully saturated rings. The second-order valence-corrected chi connectivity index (χ2v) is 5.21. The third-order valence-electron chi connectivity index (χ3n) is 3.82. The van der Waals surface area contributed by atoms with Crippen LogP contribution in [0, 0.1) is 12.3 Å². The third-order valence-corrected chi connectivity index (χ3v) is 3.82. The Morgan fingerprint density at radius 3 is 3.00 bits per heavy atom. The fraction of sp³-hybridized carbons (Fsp3) is 0.375. The molecule has 0 aliphatic heterocycles. The van der Waals surface area contributed by atoms with Crippen molar-refractivity contribution >= 4 is 0 Å². The summed E-state index contributed by atoms with van der Waals surface area (Å²) >= 11 is 0. The molecule has 20 heavy (non-hydrogen) atoms. The Morgan fingerprint density at radius 1 is 1.40 bits per heavy atom. The number of nitrogens with zero attached hydrogens (tertiary/aromatic N) is 2. The Hall–Kier alpha value is -2.12. The molecule has 0 bridgehead atoms. The molecular weight excluding hydrogens is 250 g/mol. The molecule has 4 heteroatoms. The van der Waals surface area contributed by atoms with E-state index in [2.05, 4.69) is 40.3 Å². The molecule has 2 unspecified atom stereocenters. The highest BCUT2D eigenvalue weighted by Gasteiger charge is 2.25. The van der Waals surface area contributed by atoms with Crippen molar-refractivity contribution < 1.29 is 4.52 Å². The number of nitrogens with two attached hydrogens (primary N) is 1. The summed E-state index contributed by atoms with van der Waals surface area (Å²) in [4.78, 5) is 4.43. The molecule has 0 amide bonds. The third kappa shape index (κ3) is 2.45. The van der Waals surface area contributed by atoms with Crippen molar-refractivity contribution in [2.75, 3.05) is 0 Å². The largest absolute Gasteiger partial charge is 0.338 e. The van der Waals surface area contributed by atoms with Crippen LogP contribution in [-0.4, -0.2) is 10.1 Å². The zero-order valence-corrected chi connectivity index (χ0v) is 11.2. The lowest BCUT2D eigenvalue weighted by Crippen LogP contribution is -2.14. The van der Waals surface area contributed by atoms with Crippen molar-refractivity contribution in [3.63, 3.8) is 0 Å². The summed E-state index contributed by atoms with van der Waals surface area (Å²) in [6, 6.07) is 8.16. The van der Waals surface area contributed by atoms with Gasteiger partial charge in [0.25, 0.3) is 0 Å². The molecule has 0 radical (unpaired) electrons. The molecular formula is C16H17N3O. The van der Waals surface area contributed by atoms with Crippen LogP contribution in [0.25, 0.3) is 0 Å². The molecule has 0 spiro atoms. The Kier molecular flexibility index (Phi) is 3.53. The highest BCUT2D eigenvalue weighted by Crippen LogP contribution is 2.31. The van der Waals surface area contributed by atoms with Gasteiger partial charge in [0.15, 0.2) is 5.82 Å². The topological polar surface area (TPSA) is 64.9 Å². The maximum atomic E-state index is 5.89. The fourth-order valence-corrected chi connectivity index (χ4v) is 2.70. The van der Waals surface area contributed by atoms with E-state index in [4.69, 9.17) is 16.7 Å². The quantitative estimate of drug-likeness (QED) is 0.867. The zero-order chi connectivity index (χ0) is 13.9. The first-order valence-corrected chi connectivity index (χ1v) is 6.87. The number of hydrogen-bond donors (Lipinski definition) is 1. The number of fused-ring (bicyclic) bond motifs is 1. The van der Waals surface area contributed by atoms with Gasteiger partial charge in [0.05, 0.1) is 6.04 Å². The van der Waals surface area contributed by atoms with E-state index in [0.29, 0.717) is 18.2 Å². The lowest BCUT2D eigenvalue weighted by molar-refractivity contribution is 0.348. The smallest absolute Gasteiger partial charge is 0.244 e. The van der Waals surface area contributed by atoms with Crippen LogP contribution in [0.1, 0.15) is 47.6 Å². The van der Waals surface area contributed by atoms with Gasteiger partial charge in [0, 0.05) is 12.3 Å². The van der Waals surface area contributed by atoms with Gasteiger partial charge in [-0.3, -0.25) is 0 Å². The zero-order valence-electron chi connectivity index (χ0n) is 11.2. The summed E-state index contributed by atoms with van der Waals surface area (Å²) in [6.07, 6.45) is 8.72. The summed E-state index contributed by atoms with van der Waals surface area (Å²) < 4.78 is 5.24. The second-order valence-electron chi connectivity index (χ2n) is 5.21. The first kappa shape index (κ1) is 12.9. The number of rotatable bonds is 3. The molecule has 102 valence electrons. The van der Waals surface area contributed by atoms with Gasteiger partial charge in [-0.1, -0.05) is 29.4 Å². The van der Waals surface area contributed by atoms with Crippen LogP contribution in [0.15, 0.2) is 28.8 Å². The van der Waals surface area contributed by atoms with Gasteiger partial charge in [0.2, 0.25) is 5.89 Å². The highest BCUT2D eigenvalue weighted by atomic mass is 16.5. The van der Waals surface area contributed by atoms with Gasteiger partial charge in [0.1, 0.15) is 0 Å². The molecule has 1 aliphatic carbocycles. The predicted molar refractivity (Wildman–Crippen MR) is 75.9 cm³/mol. The molecule has 2 aromatic rings. The molecule has 1 heterocycles. The number of aryl methyl sites for hydroxylation is 1. The highest BCUT2D eigenvalue weighted by molar-refractivity contribution is 5.31. The van der Waals surface area contributed by atoms with Gasteiger partial charge in [-0.05, 0) is 30.4 Å². The van der Waals surface area contributed by atoms with Crippen molar-refractivity contribution in [2.45, 2.75) is 37.6 Å². The molecule has 1 aliphatic rings. The van der Waals surface area contributed by atoms with Crippen molar-refractivity contribution in [1.29, 1.82) is 0 Å². The summed E-state index contributed by atoms with van der Waals surface area (Å²) in [7, 11) is 0. The van der Waals surface area contributed by atoms with E-state index in [1.54, 1.807) is 0 Å². The van der Waals surface area contributed by atoms with Gasteiger partial charge < -0.3 is 10.3 Å². The molecule has 0 saturated heterocycles. The van der Waals surface area contributed by atoms with E-state index in [9.17, 15) is 0 Å². The van der Waals surface area contributed by atoms with E-state index >= 15 is 0 Å². The van der Waals surface area contributed by atoms with E-state index in [1.165, 1.54) is 11.1 Å². The molecule has 1 aromatic heterocycles. The van der Waals surface area contributed by atoms with Crippen LogP contribution in [0.4, 0.5) is 0 Å². The minimum Gasteiger partial charge on any atom is -0.338 e. The van der Waals surface area contributed by atoms with Gasteiger partial charge in [-0.15, -0.1) is 12.3 Å². The van der Waals surface area contributed by atoms with Crippen LogP contribution in [-0.2, 0) is 12.8 Å². The molecule has 2 atom stereocenters. The van der Waals surface area contributed by atoms with E-state index in [-0.39, 0.29) is 6.04 Å². The second kappa shape index (κ2) is 5.48. The molecule has 3 rings (SSSR count). The summed E-state index contributed by atoms with van der Waals surface area (Å²) in [5.74, 6) is 4.01. The average Bonchev–Trinajstić information content (AvgIpc) is 2.97. The lowest BCUT2D eigenvalue weighted by atomic mass is 9.83. The standard InChI is InChI=1S/C16H17N3O/c1-2-5-14(17)16-18-15(19-20-16)13-9-8-11-6-3-4-7-12(11)10-13/h1,3-4,6-7,13-14H,5,8-10,17H2. The van der Waals surface area contributed by atoms with Gasteiger partial charge >= 0.3 is 0 Å². The van der Waals surface area contributed by atoms with E-state index in [0.717, 1.165) is 25.1 Å². The van der Waals surface area contributed by atoms with Crippen LogP contribution in [0.5, 0.6) is 0 Å². The normalized spacial score (nSPS) is 19.1. The summed E-state index contributed by atoms with van der Waals surface area (Å²) in [5.41, 5.74) is 8.69. The van der Waals surface area contributed by atoms with Crippen molar-refractivity contribution in [3.8, 4) is 12.3 Å². The maximum Gasteiger partial charge on any atom is 0.244 e. The molecule has 2 N–H and O–H groups in total. The Balaban J connectivity index is 1.77. The predicted octanol–water partition coefficient (Wildman–Crippen LogP) is 2.37. The van der Waals surface area contributed by atoms with Crippen LogP contribution < -0.4 is 5.73 Å². The van der Waals surface area contributed by atoms with Crippen LogP contribution >= 0.6 is 0 Å². The van der Waals surface area contributed by atoms with Gasteiger partial charge in [-0.2, -0.15) is 4.98 Å². The number of hydrogen-bond acceptors (Lipinski definition) is 4. The minimum absolute atomic E-state index is 0.306. The summed E-state index contributed by atoms with van der Waals surface area (Å²) in [6.45, 7) is 0. The molecule has 0 saturated carbocycles. The maximum absolute atomic E-state index is 5.89. The van der Waals surface area contributed by atoms with Crippen LogP contribution in [0.3, 0.4) is 0 Å². The first-order valence-electron chi connectivity index (χ1n) is 6.87. The molecule has 1 aromatic carbocycles. The number of benzene rings is 1. The molecule has 4 nitrogen and oxygen atoms in total. The van der Waals surface area contributed by atoms with Crippen molar-refractivity contribution in [3.05, 3.63) is 47.1 Å². The number of terminal acetylenes is 1. The Bertz CT molecular complexity index is 641. The van der Waals surface area contributed by atoms with Crippen LogP contribution in [0.2, 0.25) is 0 Å². The Morgan fingerprint density at radius 2 is 2.20 bits per heavy atom. The van der Waals surface area contributed by atoms with E-state index < -0.39 is 0 Å². The monoisotopic (exact) mass is 267 g/mol. The first-order chi connectivity index (χ1) is 9.78. The minimum atomic E-state index is -0.364. The SMILES string of the molecule is C#CCC(N)c1nc(C2CCc3ccccc3C2)no1. The fourth-order valence-electron chi connectivity index (χ4n) is 2.70.